The van der Waals surface area contributed by atoms with Crippen molar-refractivity contribution >= 4 is 33.0 Å². The first-order valence-electron chi connectivity index (χ1n) is 11.4. The zero-order chi connectivity index (χ0) is 24.8. The average molecular weight is 520 g/mol. The molecule has 1 aromatic heterocycles. The lowest BCUT2D eigenvalue weighted by atomic mass is 10.2. The van der Waals surface area contributed by atoms with Crippen LogP contribution in [0.1, 0.15) is 22.7 Å². The van der Waals surface area contributed by atoms with Crippen LogP contribution in [0.3, 0.4) is 0 Å². The zero-order valence-electron chi connectivity index (χ0n) is 19.1. The van der Waals surface area contributed by atoms with Gasteiger partial charge in [0.1, 0.15) is 17.3 Å². The number of rotatable bonds is 9. The average Bonchev–Trinajstić information content (AvgIpc) is 3.31. The highest BCUT2D eigenvalue weighted by molar-refractivity contribution is 7.90. The van der Waals surface area contributed by atoms with E-state index >= 15 is 0 Å². The molecule has 0 spiro atoms. The summed E-state index contributed by atoms with van der Waals surface area (Å²) in [5, 5.41) is 3.28. The van der Waals surface area contributed by atoms with Crippen LogP contribution in [0.4, 0.5) is 10.1 Å². The fraction of sp³-hybridized carbons (Fsp3) is 0.320. The minimum atomic E-state index is -3.61. The second-order valence-corrected chi connectivity index (χ2v) is 10.8. The normalized spacial score (nSPS) is 14.7. The number of amides is 1. The number of piperazine rings is 1. The van der Waals surface area contributed by atoms with Gasteiger partial charge in [-0.1, -0.05) is 11.6 Å². The van der Waals surface area contributed by atoms with Crippen LogP contribution in [-0.2, 0) is 15.6 Å². The van der Waals surface area contributed by atoms with E-state index in [-0.39, 0.29) is 33.9 Å². The molecular formula is C25H27ClFN3O4S. The molecular weight excluding hydrogens is 493 g/mol. The van der Waals surface area contributed by atoms with Crippen molar-refractivity contribution in [2.45, 2.75) is 17.1 Å². The first kappa shape index (κ1) is 25.2. The minimum absolute atomic E-state index is 0.0826. The molecule has 0 saturated carbocycles. The van der Waals surface area contributed by atoms with Crippen molar-refractivity contribution in [3.05, 3.63) is 83.0 Å². The number of benzene rings is 2. The third-order valence-electron chi connectivity index (χ3n) is 5.89. The van der Waals surface area contributed by atoms with Gasteiger partial charge in [0.25, 0.3) is 5.91 Å². The number of sulfone groups is 1. The Labute approximate surface area is 209 Å². The Kier molecular flexibility index (Phi) is 8.10. The number of furan rings is 1. The molecule has 186 valence electrons. The van der Waals surface area contributed by atoms with Crippen molar-refractivity contribution in [2.75, 3.05) is 44.2 Å². The van der Waals surface area contributed by atoms with Crippen molar-refractivity contribution in [2.24, 2.45) is 0 Å². The Hall–Kier alpha value is -2.88. The van der Waals surface area contributed by atoms with Gasteiger partial charge in [0.05, 0.1) is 4.90 Å². The van der Waals surface area contributed by atoms with Crippen LogP contribution in [0.25, 0.3) is 0 Å². The highest BCUT2D eigenvalue weighted by Crippen LogP contribution is 2.20. The van der Waals surface area contributed by atoms with Crippen LogP contribution in [-0.4, -0.2) is 58.5 Å². The predicted octanol–water partition coefficient (Wildman–Crippen LogP) is 3.99. The van der Waals surface area contributed by atoms with Gasteiger partial charge in [-0.05, 0) is 73.6 Å². The van der Waals surface area contributed by atoms with E-state index in [2.05, 4.69) is 15.1 Å². The first-order chi connectivity index (χ1) is 16.8. The third-order valence-corrected chi connectivity index (χ3v) is 7.80. The van der Waals surface area contributed by atoms with E-state index in [1.165, 1.54) is 48.5 Å². The molecule has 1 fully saturated rings. The van der Waals surface area contributed by atoms with E-state index in [0.717, 1.165) is 44.8 Å². The van der Waals surface area contributed by atoms with E-state index in [0.29, 0.717) is 11.6 Å². The van der Waals surface area contributed by atoms with Gasteiger partial charge in [-0.2, -0.15) is 0 Å². The lowest BCUT2D eigenvalue weighted by Gasteiger charge is -2.36. The highest BCUT2D eigenvalue weighted by atomic mass is 35.5. The van der Waals surface area contributed by atoms with E-state index in [1.807, 2.05) is 0 Å². The third kappa shape index (κ3) is 6.84. The highest BCUT2D eigenvalue weighted by Gasteiger charge is 2.20. The molecule has 1 saturated heterocycles. The maximum atomic E-state index is 13.1. The standard InChI is InChI=1S/C25H27ClFN3O4S/c26-19-2-9-23(10-3-19)35(32,33)18-22-8-11-24(34-22)25(31)28-12-1-13-29-14-16-30(17-15-29)21-6-4-20(27)5-7-21/h2-11H,1,12-18H2,(H,28,31). The first-order valence-corrected chi connectivity index (χ1v) is 13.4. The maximum Gasteiger partial charge on any atom is 0.286 e. The SMILES string of the molecule is O=C(NCCCN1CCN(c2ccc(F)cc2)CC1)c1ccc(CS(=O)(=O)c2ccc(Cl)cc2)o1. The van der Waals surface area contributed by atoms with Gasteiger partial charge in [0.2, 0.25) is 0 Å². The summed E-state index contributed by atoms with van der Waals surface area (Å²) in [5.41, 5.74) is 1.03. The summed E-state index contributed by atoms with van der Waals surface area (Å²) < 4.78 is 43.7. The summed E-state index contributed by atoms with van der Waals surface area (Å²) >= 11 is 5.82. The van der Waals surface area contributed by atoms with Crippen molar-refractivity contribution in [3.63, 3.8) is 0 Å². The minimum Gasteiger partial charge on any atom is -0.455 e. The topological polar surface area (TPSA) is 82.9 Å². The van der Waals surface area contributed by atoms with Crippen molar-refractivity contribution in [1.82, 2.24) is 10.2 Å². The molecule has 4 rings (SSSR count). The van der Waals surface area contributed by atoms with Crippen LogP contribution < -0.4 is 10.2 Å². The lowest BCUT2D eigenvalue weighted by Crippen LogP contribution is -2.47. The van der Waals surface area contributed by atoms with Crippen molar-refractivity contribution < 1.29 is 22.0 Å². The molecule has 1 aliphatic heterocycles. The molecule has 0 aliphatic carbocycles. The number of carbonyl (C=O) groups excluding carboxylic acids is 1. The molecule has 1 amide bonds. The summed E-state index contributed by atoms with van der Waals surface area (Å²) in [5.74, 6) is -0.668. The van der Waals surface area contributed by atoms with E-state index in [4.69, 9.17) is 16.0 Å². The molecule has 1 aliphatic rings. The molecule has 3 aromatic rings. The Bertz CT molecular complexity index is 1240. The second-order valence-electron chi connectivity index (χ2n) is 8.39. The molecule has 1 N–H and O–H groups in total. The smallest absolute Gasteiger partial charge is 0.286 e. The summed E-state index contributed by atoms with van der Waals surface area (Å²) in [6.45, 7) is 4.86. The largest absolute Gasteiger partial charge is 0.455 e. The molecule has 10 heteroatoms. The van der Waals surface area contributed by atoms with Gasteiger partial charge in [-0.15, -0.1) is 0 Å². The molecule has 0 radical (unpaired) electrons. The number of hydrogen-bond donors (Lipinski definition) is 1. The van der Waals surface area contributed by atoms with E-state index in [9.17, 15) is 17.6 Å². The number of halogens is 2. The Morgan fingerprint density at radius 3 is 2.34 bits per heavy atom. The van der Waals surface area contributed by atoms with Crippen LogP contribution >= 0.6 is 11.6 Å². The van der Waals surface area contributed by atoms with Crippen molar-refractivity contribution in [1.29, 1.82) is 0 Å². The summed E-state index contributed by atoms with van der Waals surface area (Å²) in [4.78, 5) is 17.1. The maximum absolute atomic E-state index is 13.1. The quantitative estimate of drug-likeness (QED) is 0.430. The Balaban J connectivity index is 1.18. The number of nitrogens with one attached hydrogen (secondary N) is 1. The van der Waals surface area contributed by atoms with Crippen LogP contribution in [0.2, 0.25) is 5.02 Å². The molecule has 0 bridgehead atoms. The summed E-state index contributed by atoms with van der Waals surface area (Å²) in [6, 6.07) is 15.5. The number of nitrogens with zero attached hydrogens (tertiary/aromatic N) is 2. The second kappa shape index (κ2) is 11.2. The van der Waals surface area contributed by atoms with Gasteiger partial charge in [0, 0.05) is 43.4 Å². The fourth-order valence-electron chi connectivity index (χ4n) is 3.96. The van der Waals surface area contributed by atoms with Gasteiger partial charge in [-0.25, -0.2) is 12.8 Å². The Morgan fingerprint density at radius 2 is 1.66 bits per heavy atom. The summed E-state index contributed by atoms with van der Waals surface area (Å²) in [7, 11) is -3.61. The molecule has 2 aromatic carbocycles. The molecule has 7 nitrogen and oxygen atoms in total. The number of carbonyl (C=O) groups is 1. The van der Waals surface area contributed by atoms with Gasteiger partial charge in [-0.3, -0.25) is 9.69 Å². The monoisotopic (exact) mass is 519 g/mol. The van der Waals surface area contributed by atoms with Crippen LogP contribution in [0.15, 0.2) is 70.0 Å². The Morgan fingerprint density at radius 1 is 0.971 bits per heavy atom. The summed E-state index contributed by atoms with van der Waals surface area (Å²) in [6.07, 6.45) is 0.779. The van der Waals surface area contributed by atoms with E-state index < -0.39 is 9.84 Å². The molecule has 0 atom stereocenters. The van der Waals surface area contributed by atoms with Gasteiger partial charge < -0.3 is 14.6 Å². The van der Waals surface area contributed by atoms with Crippen molar-refractivity contribution in [3.8, 4) is 0 Å². The van der Waals surface area contributed by atoms with Crippen LogP contribution in [0.5, 0.6) is 0 Å². The van der Waals surface area contributed by atoms with Crippen LogP contribution in [0, 0.1) is 5.82 Å². The molecule has 35 heavy (non-hydrogen) atoms. The fourth-order valence-corrected chi connectivity index (χ4v) is 5.34. The van der Waals surface area contributed by atoms with Gasteiger partial charge in [0.15, 0.2) is 15.6 Å². The number of hydrogen-bond acceptors (Lipinski definition) is 6. The molecule has 0 unspecified atom stereocenters. The lowest BCUT2D eigenvalue weighted by molar-refractivity contribution is 0.0922. The van der Waals surface area contributed by atoms with E-state index in [1.54, 1.807) is 12.1 Å². The number of anilines is 1. The van der Waals surface area contributed by atoms with Gasteiger partial charge >= 0.3 is 0 Å². The molecule has 2 heterocycles. The predicted molar refractivity (Wildman–Crippen MR) is 133 cm³/mol. The zero-order valence-corrected chi connectivity index (χ0v) is 20.7.